The third-order valence-electron chi connectivity index (χ3n) is 2.80. The van der Waals surface area contributed by atoms with Gasteiger partial charge in [-0.15, -0.1) is 0 Å². The first-order valence-corrected chi connectivity index (χ1v) is 7.64. The zero-order valence-electron chi connectivity index (χ0n) is 11.7. The maximum atomic E-state index is 13.6. The molecule has 0 radical (unpaired) electrons. The molecular weight excluding hydrogens is 267 g/mol. The van der Waals surface area contributed by atoms with Crippen LogP contribution in [0.2, 0.25) is 0 Å². The van der Waals surface area contributed by atoms with Crippen molar-refractivity contribution in [1.29, 1.82) is 0 Å². The SMILES string of the molecule is CC(C)C(CN(C)C)NS(=O)(=O)c1ccccc1F. The summed E-state index contributed by atoms with van der Waals surface area (Å²) < 4.78 is 40.5. The number of likely N-dealkylation sites (N-methyl/N-ethyl adjacent to an activating group) is 1. The van der Waals surface area contributed by atoms with Gasteiger partial charge in [0.25, 0.3) is 0 Å². The van der Waals surface area contributed by atoms with Crippen LogP contribution in [0.5, 0.6) is 0 Å². The Morgan fingerprint density at radius 3 is 2.32 bits per heavy atom. The summed E-state index contributed by atoms with van der Waals surface area (Å²) in [6, 6.07) is 5.12. The molecule has 0 saturated heterocycles. The average Bonchev–Trinajstić information content (AvgIpc) is 2.27. The van der Waals surface area contributed by atoms with Crippen molar-refractivity contribution in [3.8, 4) is 0 Å². The molecule has 4 nitrogen and oxygen atoms in total. The van der Waals surface area contributed by atoms with Gasteiger partial charge in [0.1, 0.15) is 10.7 Å². The fraction of sp³-hybridized carbons (Fsp3) is 0.538. The van der Waals surface area contributed by atoms with Crippen molar-refractivity contribution >= 4 is 10.0 Å². The van der Waals surface area contributed by atoms with Crippen LogP contribution in [0, 0.1) is 11.7 Å². The van der Waals surface area contributed by atoms with Crippen molar-refractivity contribution in [3.05, 3.63) is 30.1 Å². The van der Waals surface area contributed by atoms with Crippen molar-refractivity contribution in [2.24, 2.45) is 5.92 Å². The summed E-state index contributed by atoms with van der Waals surface area (Å²) in [6.45, 7) is 4.42. The Hall–Kier alpha value is -0.980. The average molecular weight is 288 g/mol. The standard InChI is InChI=1S/C13H21FN2O2S/c1-10(2)12(9-16(3)4)15-19(17,18)13-8-6-5-7-11(13)14/h5-8,10,12,15H,9H2,1-4H3. The fourth-order valence-corrected chi connectivity index (χ4v) is 3.16. The molecule has 0 saturated carbocycles. The molecule has 0 heterocycles. The minimum atomic E-state index is -3.83. The Morgan fingerprint density at radius 1 is 1.26 bits per heavy atom. The molecule has 0 aliphatic carbocycles. The van der Waals surface area contributed by atoms with Gasteiger partial charge in [0.2, 0.25) is 10.0 Å². The number of sulfonamides is 1. The van der Waals surface area contributed by atoms with Crippen LogP contribution in [0.25, 0.3) is 0 Å². The third kappa shape index (κ3) is 4.56. The van der Waals surface area contributed by atoms with Crippen molar-refractivity contribution in [2.45, 2.75) is 24.8 Å². The van der Waals surface area contributed by atoms with Crippen LogP contribution >= 0.6 is 0 Å². The molecule has 1 unspecified atom stereocenters. The van der Waals surface area contributed by atoms with Crippen molar-refractivity contribution in [2.75, 3.05) is 20.6 Å². The van der Waals surface area contributed by atoms with E-state index in [1.807, 2.05) is 32.8 Å². The van der Waals surface area contributed by atoms with E-state index in [9.17, 15) is 12.8 Å². The summed E-state index contributed by atoms with van der Waals surface area (Å²) in [5, 5.41) is 0. The molecule has 0 aliphatic heterocycles. The molecule has 108 valence electrons. The first-order chi connectivity index (χ1) is 8.74. The molecule has 19 heavy (non-hydrogen) atoms. The maximum Gasteiger partial charge on any atom is 0.243 e. The van der Waals surface area contributed by atoms with Gasteiger partial charge in [-0.05, 0) is 32.1 Å². The van der Waals surface area contributed by atoms with Crippen LogP contribution in [0.15, 0.2) is 29.2 Å². The maximum absolute atomic E-state index is 13.6. The second kappa shape index (κ2) is 6.45. The number of hydrogen-bond donors (Lipinski definition) is 1. The number of nitrogens with zero attached hydrogens (tertiary/aromatic N) is 1. The van der Waals surface area contributed by atoms with E-state index in [-0.39, 0.29) is 16.9 Å². The minimum absolute atomic E-state index is 0.115. The fourth-order valence-electron chi connectivity index (χ4n) is 1.70. The molecule has 1 aromatic rings. The Kier molecular flexibility index (Phi) is 5.46. The van der Waals surface area contributed by atoms with Gasteiger partial charge < -0.3 is 4.90 Å². The van der Waals surface area contributed by atoms with E-state index in [4.69, 9.17) is 0 Å². The van der Waals surface area contributed by atoms with E-state index in [1.54, 1.807) is 0 Å². The molecule has 0 spiro atoms. The van der Waals surface area contributed by atoms with Crippen LogP contribution in [0.1, 0.15) is 13.8 Å². The van der Waals surface area contributed by atoms with Crippen LogP contribution in [-0.4, -0.2) is 40.0 Å². The first kappa shape index (κ1) is 16.1. The smallest absolute Gasteiger partial charge is 0.243 e. The second-order valence-corrected chi connectivity index (χ2v) is 6.85. The van der Waals surface area contributed by atoms with Crippen molar-refractivity contribution in [1.82, 2.24) is 9.62 Å². The number of halogens is 1. The van der Waals surface area contributed by atoms with Gasteiger partial charge in [0.05, 0.1) is 0 Å². The van der Waals surface area contributed by atoms with Gasteiger partial charge in [-0.25, -0.2) is 17.5 Å². The summed E-state index contributed by atoms with van der Waals surface area (Å²) in [4.78, 5) is 1.59. The monoisotopic (exact) mass is 288 g/mol. The zero-order valence-corrected chi connectivity index (χ0v) is 12.5. The Bertz CT molecular complexity index is 515. The van der Waals surface area contributed by atoms with E-state index >= 15 is 0 Å². The predicted molar refractivity (Wildman–Crippen MR) is 73.9 cm³/mol. The molecule has 1 aromatic carbocycles. The van der Waals surface area contributed by atoms with Gasteiger partial charge in [0, 0.05) is 12.6 Å². The lowest BCUT2D eigenvalue weighted by Crippen LogP contribution is -2.45. The van der Waals surface area contributed by atoms with E-state index in [2.05, 4.69) is 4.72 Å². The number of benzene rings is 1. The largest absolute Gasteiger partial charge is 0.308 e. The molecule has 0 fully saturated rings. The van der Waals surface area contributed by atoms with Crippen LogP contribution in [0.3, 0.4) is 0 Å². The van der Waals surface area contributed by atoms with Crippen LogP contribution in [0.4, 0.5) is 4.39 Å². The quantitative estimate of drug-likeness (QED) is 0.866. The predicted octanol–water partition coefficient (Wildman–Crippen LogP) is 1.69. The summed E-state index contributed by atoms with van der Waals surface area (Å²) in [6.07, 6.45) is 0. The second-order valence-electron chi connectivity index (χ2n) is 5.16. The number of nitrogens with one attached hydrogen (secondary N) is 1. The summed E-state index contributed by atoms with van der Waals surface area (Å²) in [5.41, 5.74) is 0. The molecule has 0 aliphatic rings. The first-order valence-electron chi connectivity index (χ1n) is 6.15. The highest BCUT2D eigenvalue weighted by Gasteiger charge is 2.25. The van der Waals surface area contributed by atoms with E-state index in [0.29, 0.717) is 6.54 Å². The topological polar surface area (TPSA) is 49.4 Å². The summed E-state index contributed by atoms with van der Waals surface area (Å²) in [5.74, 6) is -0.619. The van der Waals surface area contributed by atoms with Gasteiger partial charge >= 0.3 is 0 Å². The van der Waals surface area contributed by atoms with Gasteiger partial charge in [-0.2, -0.15) is 0 Å². The molecule has 0 amide bonds. The molecule has 0 bridgehead atoms. The molecule has 1 rings (SSSR count). The highest BCUT2D eigenvalue weighted by atomic mass is 32.2. The summed E-state index contributed by atoms with van der Waals surface area (Å²) >= 11 is 0. The lowest BCUT2D eigenvalue weighted by atomic mass is 10.1. The highest BCUT2D eigenvalue weighted by Crippen LogP contribution is 2.15. The lowest BCUT2D eigenvalue weighted by molar-refractivity contribution is 0.314. The van der Waals surface area contributed by atoms with E-state index in [0.717, 1.165) is 6.07 Å². The zero-order chi connectivity index (χ0) is 14.6. The third-order valence-corrected chi connectivity index (χ3v) is 4.32. The molecule has 0 aromatic heterocycles. The van der Waals surface area contributed by atoms with Gasteiger partial charge in [-0.1, -0.05) is 26.0 Å². The normalized spacial score (nSPS) is 14.1. The molecular formula is C13H21FN2O2S. The van der Waals surface area contributed by atoms with E-state index < -0.39 is 15.8 Å². The van der Waals surface area contributed by atoms with Crippen LogP contribution in [-0.2, 0) is 10.0 Å². The number of hydrogen-bond acceptors (Lipinski definition) is 3. The Morgan fingerprint density at radius 2 is 1.84 bits per heavy atom. The summed E-state index contributed by atoms with van der Waals surface area (Å²) in [7, 11) is -0.0968. The minimum Gasteiger partial charge on any atom is -0.308 e. The Balaban J connectivity index is 2.98. The highest BCUT2D eigenvalue weighted by molar-refractivity contribution is 7.89. The van der Waals surface area contributed by atoms with Crippen molar-refractivity contribution < 1.29 is 12.8 Å². The molecule has 1 N–H and O–H groups in total. The van der Waals surface area contributed by atoms with Crippen molar-refractivity contribution in [3.63, 3.8) is 0 Å². The lowest BCUT2D eigenvalue weighted by Gasteiger charge is -2.25. The van der Waals surface area contributed by atoms with Gasteiger partial charge in [0.15, 0.2) is 0 Å². The number of rotatable bonds is 6. The Labute approximate surface area is 114 Å². The van der Waals surface area contributed by atoms with E-state index in [1.165, 1.54) is 18.2 Å². The molecule has 6 heteroatoms. The van der Waals surface area contributed by atoms with Crippen LogP contribution < -0.4 is 4.72 Å². The molecule has 1 atom stereocenters. The van der Waals surface area contributed by atoms with Gasteiger partial charge in [-0.3, -0.25) is 0 Å².